The highest BCUT2D eigenvalue weighted by molar-refractivity contribution is 6.00. The fraction of sp³-hybridized carbons (Fsp3) is 0.385. The first kappa shape index (κ1) is 38.2. The quantitative estimate of drug-likeness (QED) is 0.0280. The Hall–Kier alpha value is -5.61. The minimum Gasteiger partial charge on any atom is -0.493 e. The smallest absolute Gasteiger partial charge is 0.305 e. The van der Waals surface area contributed by atoms with Crippen molar-refractivity contribution >= 4 is 34.4 Å². The average molecular weight is 694 g/mol. The molecule has 268 valence electrons. The number of amides is 2. The van der Waals surface area contributed by atoms with Gasteiger partial charge in [0.05, 0.1) is 25.6 Å². The molecule has 1 atom stereocenters. The molecule has 0 aliphatic heterocycles. The van der Waals surface area contributed by atoms with Crippen molar-refractivity contribution in [1.82, 2.24) is 15.6 Å². The number of hydrogen-bond acceptors (Lipinski definition) is 7. The minimum absolute atomic E-state index is 0.233. The highest BCUT2D eigenvalue weighted by atomic mass is 16.5. The predicted molar refractivity (Wildman–Crippen MR) is 199 cm³/mol. The van der Waals surface area contributed by atoms with Crippen LogP contribution < -0.4 is 20.7 Å². The molecule has 0 aliphatic carbocycles. The fourth-order valence-corrected chi connectivity index (χ4v) is 5.80. The SMILES string of the molecule is Cc1ccnc(NCCCC(=O)NCC(=O)N[C@@H](CC(=O)O)c2ccc(-c3ccc(OCCCCCCCCN=[N+]=[N-])c4ccccc34)cc2)c1. The van der Waals surface area contributed by atoms with Crippen molar-refractivity contribution in [2.45, 2.75) is 70.8 Å². The van der Waals surface area contributed by atoms with Gasteiger partial charge in [-0.25, -0.2) is 4.98 Å². The molecule has 1 aromatic heterocycles. The zero-order valence-corrected chi connectivity index (χ0v) is 29.1. The number of anilines is 1. The molecule has 12 heteroatoms. The second kappa shape index (κ2) is 20.8. The maximum atomic E-state index is 12.7. The first-order chi connectivity index (χ1) is 24.8. The van der Waals surface area contributed by atoms with Gasteiger partial charge in [0.15, 0.2) is 0 Å². The molecule has 0 aliphatic rings. The topological polar surface area (TPSA) is 178 Å². The van der Waals surface area contributed by atoms with Crippen LogP contribution in [0.5, 0.6) is 5.75 Å². The number of carbonyl (C=O) groups is 3. The summed E-state index contributed by atoms with van der Waals surface area (Å²) in [5.41, 5.74) is 12.0. The number of carboxylic acids is 1. The lowest BCUT2D eigenvalue weighted by Crippen LogP contribution is -2.39. The molecule has 0 saturated carbocycles. The number of azide groups is 1. The van der Waals surface area contributed by atoms with Gasteiger partial charge in [-0.05, 0) is 77.6 Å². The molecule has 0 unspecified atom stereocenters. The number of aliphatic carboxylic acids is 1. The van der Waals surface area contributed by atoms with E-state index in [1.54, 1.807) is 6.20 Å². The predicted octanol–water partition coefficient (Wildman–Crippen LogP) is 7.88. The normalized spacial score (nSPS) is 11.3. The molecule has 2 amide bonds. The molecule has 0 saturated heterocycles. The summed E-state index contributed by atoms with van der Waals surface area (Å²) in [5.74, 6) is -0.210. The first-order valence-electron chi connectivity index (χ1n) is 17.5. The second-order valence-corrected chi connectivity index (χ2v) is 12.4. The van der Waals surface area contributed by atoms with Crippen molar-refractivity contribution in [3.05, 3.63) is 101 Å². The van der Waals surface area contributed by atoms with Crippen molar-refractivity contribution in [3.63, 3.8) is 0 Å². The van der Waals surface area contributed by atoms with Crippen molar-refractivity contribution < 1.29 is 24.2 Å². The van der Waals surface area contributed by atoms with Crippen molar-refractivity contribution in [3.8, 4) is 16.9 Å². The van der Waals surface area contributed by atoms with E-state index in [-0.39, 0.29) is 25.3 Å². The second-order valence-electron chi connectivity index (χ2n) is 12.4. The highest BCUT2D eigenvalue weighted by Crippen LogP contribution is 2.35. The van der Waals surface area contributed by atoms with Crippen LogP contribution in [0.2, 0.25) is 0 Å². The molecule has 0 fully saturated rings. The van der Waals surface area contributed by atoms with Crippen LogP contribution in [0.15, 0.2) is 84.1 Å². The van der Waals surface area contributed by atoms with Gasteiger partial charge in [-0.15, -0.1) is 0 Å². The van der Waals surface area contributed by atoms with Crippen LogP contribution in [0.4, 0.5) is 5.82 Å². The Bertz CT molecular complexity index is 1790. The molecule has 0 bridgehead atoms. The summed E-state index contributed by atoms with van der Waals surface area (Å²) in [6.07, 6.45) is 8.47. The van der Waals surface area contributed by atoms with Gasteiger partial charge in [0, 0.05) is 36.0 Å². The summed E-state index contributed by atoms with van der Waals surface area (Å²) in [6, 6.07) is 22.7. The number of aryl methyl sites for hydroxylation is 1. The summed E-state index contributed by atoms with van der Waals surface area (Å²) in [7, 11) is 0. The number of rotatable bonds is 22. The Morgan fingerprint density at radius 3 is 2.39 bits per heavy atom. The van der Waals surface area contributed by atoms with Crippen molar-refractivity contribution in [1.29, 1.82) is 0 Å². The number of ether oxygens (including phenoxy) is 1. The number of pyridine rings is 1. The number of nitrogens with one attached hydrogen (secondary N) is 3. The highest BCUT2D eigenvalue weighted by Gasteiger charge is 2.19. The lowest BCUT2D eigenvalue weighted by molar-refractivity contribution is -0.138. The third-order valence-electron chi connectivity index (χ3n) is 8.44. The molecular weight excluding hydrogens is 646 g/mol. The number of aromatic nitrogens is 1. The Balaban J connectivity index is 1.28. The summed E-state index contributed by atoms with van der Waals surface area (Å²) >= 11 is 0. The summed E-state index contributed by atoms with van der Waals surface area (Å²) in [4.78, 5) is 43.8. The summed E-state index contributed by atoms with van der Waals surface area (Å²) < 4.78 is 6.19. The van der Waals surface area contributed by atoms with E-state index in [2.05, 4.69) is 37.0 Å². The number of nitrogens with zero attached hydrogens (tertiary/aromatic N) is 4. The fourth-order valence-electron chi connectivity index (χ4n) is 5.80. The number of hydrogen-bond donors (Lipinski definition) is 4. The van der Waals surface area contributed by atoms with Gasteiger partial charge in [0.25, 0.3) is 0 Å². The summed E-state index contributed by atoms with van der Waals surface area (Å²) in [5, 5.41) is 23.7. The molecule has 4 rings (SSSR count). The number of fused-ring (bicyclic) bond motifs is 1. The molecule has 0 radical (unpaired) electrons. The minimum atomic E-state index is -1.05. The van der Waals surface area contributed by atoms with Gasteiger partial charge in [-0.3, -0.25) is 14.4 Å². The number of benzene rings is 3. The number of carbonyl (C=O) groups excluding carboxylic acids is 2. The average Bonchev–Trinajstić information content (AvgIpc) is 3.13. The lowest BCUT2D eigenvalue weighted by atomic mass is 9.95. The third-order valence-corrected chi connectivity index (χ3v) is 8.44. The first-order valence-corrected chi connectivity index (χ1v) is 17.5. The third kappa shape index (κ3) is 13.0. The summed E-state index contributed by atoms with van der Waals surface area (Å²) in [6.45, 7) is 3.48. The van der Waals surface area contributed by atoms with E-state index in [1.807, 2.05) is 73.7 Å². The Kier molecular flexibility index (Phi) is 15.6. The molecule has 4 N–H and O–H groups in total. The Morgan fingerprint density at radius 1 is 0.902 bits per heavy atom. The number of carboxylic acid groups (broad SMARTS) is 1. The molecule has 12 nitrogen and oxygen atoms in total. The van der Waals surface area contributed by atoms with Gasteiger partial charge in [-0.2, -0.15) is 0 Å². The van der Waals surface area contributed by atoms with E-state index in [0.717, 1.165) is 77.6 Å². The van der Waals surface area contributed by atoms with E-state index in [0.29, 0.717) is 31.7 Å². The van der Waals surface area contributed by atoms with Crippen LogP contribution in [-0.4, -0.2) is 54.1 Å². The zero-order chi connectivity index (χ0) is 36.3. The van der Waals surface area contributed by atoms with Crippen LogP contribution in [0.3, 0.4) is 0 Å². The zero-order valence-electron chi connectivity index (χ0n) is 29.1. The van der Waals surface area contributed by atoms with E-state index >= 15 is 0 Å². The molecular formula is C39H47N7O5. The van der Waals surface area contributed by atoms with E-state index in [1.165, 1.54) is 0 Å². The molecule has 3 aromatic carbocycles. The van der Waals surface area contributed by atoms with Crippen LogP contribution in [0, 0.1) is 6.92 Å². The monoisotopic (exact) mass is 693 g/mol. The maximum absolute atomic E-state index is 12.7. The standard InChI is InChI=1S/C39H47N7O5/c1-28-20-23-42-36(25-28)41-21-10-13-37(47)43-27-38(48)45-34(26-39(49)50)30-16-14-29(15-17-30)31-18-19-35(33-12-7-6-11-32(31)33)51-24-9-5-3-2-4-8-22-44-46-40/h6-7,11-12,14-20,23,25,34H,2-5,8-10,13,21-22,24,26-27H2,1H3,(H,41,42)(H,43,47)(H,45,48)(H,49,50)/t34-/m0/s1. The largest absolute Gasteiger partial charge is 0.493 e. The van der Waals surface area contributed by atoms with Crippen molar-refractivity contribution in [2.24, 2.45) is 5.11 Å². The van der Waals surface area contributed by atoms with E-state index < -0.39 is 17.9 Å². The van der Waals surface area contributed by atoms with Crippen LogP contribution in [0.25, 0.3) is 32.3 Å². The molecule has 51 heavy (non-hydrogen) atoms. The molecule has 0 spiro atoms. The van der Waals surface area contributed by atoms with E-state index in [9.17, 15) is 19.5 Å². The Labute approximate surface area is 298 Å². The van der Waals surface area contributed by atoms with Gasteiger partial charge in [0.1, 0.15) is 11.6 Å². The Morgan fingerprint density at radius 2 is 1.65 bits per heavy atom. The van der Waals surface area contributed by atoms with Crippen LogP contribution in [-0.2, 0) is 14.4 Å². The van der Waals surface area contributed by atoms with Gasteiger partial charge in [-0.1, -0.05) is 85.4 Å². The van der Waals surface area contributed by atoms with E-state index in [4.69, 9.17) is 10.3 Å². The lowest BCUT2D eigenvalue weighted by Gasteiger charge is -2.19. The van der Waals surface area contributed by atoms with Crippen LogP contribution >= 0.6 is 0 Å². The number of unbranched alkanes of at least 4 members (excludes halogenated alkanes) is 5. The van der Waals surface area contributed by atoms with Gasteiger partial charge in [0.2, 0.25) is 11.8 Å². The molecule has 4 aromatic rings. The van der Waals surface area contributed by atoms with Crippen molar-refractivity contribution in [2.75, 3.05) is 31.6 Å². The van der Waals surface area contributed by atoms with Gasteiger partial charge >= 0.3 is 5.97 Å². The molecule has 1 heterocycles. The maximum Gasteiger partial charge on any atom is 0.305 e. The van der Waals surface area contributed by atoms with Crippen LogP contribution in [0.1, 0.15) is 75.0 Å². The van der Waals surface area contributed by atoms with Gasteiger partial charge < -0.3 is 25.8 Å².